The van der Waals surface area contributed by atoms with Gasteiger partial charge in [-0.2, -0.15) is 0 Å². The lowest BCUT2D eigenvalue weighted by Crippen LogP contribution is -2.29. The number of phosphoric ester groups is 1. The Morgan fingerprint density at radius 1 is 0.614 bits per heavy atom. The van der Waals surface area contributed by atoms with Gasteiger partial charge in [0.25, 0.3) is 0 Å². The second-order valence-corrected chi connectivity index (χ2v) is 13.2. The summed E-state index contributed by atoms with van der Waals surface area (Å²) < 4.78 is 26.2. The third-order valence-corrected chi connectivity index (χ3v) is 8.06. The zero-order valence-electron chi connectivity index (χ0n) is 27.9. The van der Waals surface area contributed by atoms with Gasteiger partial charge in [0, 0.05) is 26.3 Å². The Kier molecular flexibility index (Phi) is 29.2. The first kappa shape index (κ1) is 42.5. The van der Waals surface area contributed by atoms with Gasteiger partial charge in [-0.15, -0.1) is 0 Å². The van der Waals surface area contributed by atoms with E-state index >= 15 is 0 Å². The van der Waals surface area contributed by atoms with Gasteiger partial charge in [-0.3, -0.25) is 18.9 Å². The molecule has 0 aliphatic rings. The minimum absolute atomic E-state index is 0.0242. The van der Waals surface area contributed by atoms with Crippen LogP contribution in [0.25, 0.3) is 0 Å². The Morgan fingerprint density at radius 2 is 1.02 bits per heavy atom. The van der Waals surface area contributed by atoms with Crippen LogP contribution in [0.1, 0.15) is 168 Å². The van der Waals surface area contributed by atoms with Crippen LogP contribution in [-0.2, 0) is 32.9 Å². The molecule has 44 heavy (non-hydrogen) atoms. The Morgan fingerprint density at radius 3 is 1.45 bits per heavy atom. The lowest BCUT2D eigenvalue weighted by atomic mass is 10.0. The van der Waals surface area contributed by atoms with Gasteiger partial charge in [0.15, 0.2) is 6.10 Å². The van der Waals surface area contributed by atoms with Crippen LogP contribution < -0.4 is 5.32 Å². The molecule has 0 aromatic heterocycles. The number of nitrogens with one attached hydrogen (secondary N) is 1. The van der Waals surface area contributed by atoms with Gasteiger partial charge in [0.2, 0.25) is 5.91 Å². The van der Waals surface area contributed by atoms with Crippen molar-refractivity contribution in [3.8, 4) is 0 Å². The van der Waals surface area contributed by atoms with Crippen molar-refractivity contribution in [2.24, 2.45) is 0 Å². The third kappa shape index (κ3) is 33.4. The normalized spacial score (nSPS) is 12.2. The van der Waals surface area contributed by atoms with Gasteiger partial charge >= 0.3 is 19.8 Å². The maximum absolute atomic E-state index is 12.3. The molecule has 260 valence electrons. The lowest BCUT2D eigenvalue weighted by molar-refractivity contribution is -0.161. The molecule has 0 unspecified atom stereocenters. The molecular formula is C33H64NO9P. The first-order chi connectivity index (χ1) is 21.1. The van der Waals surface area contributed by atoms with E-state index in [1.54, 1.807) is 0 Å². The molecule has 0 bridgehead atoms. The van der Waals surface area contributed by atoms with E-state index in [-0.39, 0.29) is 25.4 Å². The number of esters is 2. The standard InChI is InChI=1S/C33H64NO9P/c1-3-4-5-6-7-8-9-10-14-17-20-23-26-33(37)43-31(29-42-44(38,39)40)28-41-32(36)25-22-19-16-13-11-12-15-18-21-24-27-34-30(2)35/h31H,3-29H2,1-2H3,(H,34,35)(H2,38,39,40)/t31-/m1/s1. The molecule has 0 fully saturated rings. The highest BCUT2D eigenvalue weighted by atomic mass is 31.2. The zero-order valence-corrected chi connectivity index (χ0v) is 28.8. The van der Waals surface area contributed by atoms with Crippen molar-refractivity contribution in [3.05, 3.63) is 0 Å². The van der Waals surface area contributed by atoms with Crippen LogP contribution in [0.15, 0.2) is 0 Å². The molecule has 3 N–H and O–H groups in total. The molecule has 0 heterocycles. The maximum Gasteiger partial charge on any atom is 0.469 e. The summed E-state index contributed by atoms with van der Waals surface area (Å²) in [6.45, 7) is 3.68. The highest BCUT2D eigenvalue weighted by Gasteiger charge is 2.22. The van der Waals surface area contributed by atoms with Gasteiger partial charge in [0.05, 0.1) is 6.61 Å². The van der Waals surface area contributed by atoms with E-state index in [1.165, 1.54) is 84.0 Å². The van der Waals surface area contributed by atoms with E-state index in [0.717, 1.165) is 57.9 Å². The fraction of sp³-hybridized carbons (Fsp3) is 0.909. The van der Waals surface area contributed by atoms with E-state index in [9.17, 15) is 18.9 Å². The SMILES string of the molecule is CCCCCCCCCCCCCCC(=O)O[C@H](COC(=O)CCCCCCCCCCCCNC(C)=O)COP(=O)(O)O. The number of amides is 1. The second-order valence-electron chi connectivity index (χ2n) is 12.0. The second kappa shape index (κ2) is 30.2. The van der Waals surface area contributed by atoms with E-state index in [2.05, 4.69) is 16.8 Å². The summed E-state index contributed by atoms with van der Waals surface area (Å²) in [5.74, 6) is -0.893. The van der Waals surface area contributed by atoms with Gasteiger partial charge < -0.3 is 24.6 Å². The van der Waals surface area contributed by atoms with Crippen molar-refractivity contribution in [3.63, 3.8) is 0 Å². The fourth-order valence-electron chi connectivity index (χ4n) is 4.98. The third-order valence-electron chi connectivity index (χ3n) is 7.57. The molecule has 10 nitrogen and oxygen atoms in total. The number of carbonyl (C=O) groups excluding carboxylic acids is 3. The number of ether oxygens (including phenoxy) is 2. The molecular weight excluding hydrogens is 585 g/mol. The Hall–Kier alpha value is -1.48. The first-order valence-corrected chi connectivity index (χ1v) is 19.0. The van der Waals surface area contributed by atoms with Crippen LogP contribution in [0.3, 0.4) is 0 Å². The van der Waals surface area contributed by atoms with Crippen LogP contribution in [-0.4, -0.2) is 53.5 Å². The summed E-state index contributed by atoms with van der Waals surface area (Å²) in [4.78, 5) is 53.3. The monoisotopic (exact) mass is 649 g/mol. The molecule has 0 saturated carbocycles. The van der Waals surface area contributed by atoms with Crippen LogP contribution in [0.2, 0.25) is 0 Å². The Balaban J connectivity index is 3.95. The summed E-state index contributed by atoms with van der Waals surface area (Å²) in [6.07, 6.45) is 24.3. The number of unbranched alkanes of at least 4 members (excludes halogenated alkanes) is 20. The number of phosphoric acid groups is 1. The average Bonchev–Trinajstić information content (AvgIpc) is 2.96. The molecule has 1 amide bonds. The molecule has 1 atom stereocenters. The highest BCUT2D eigenvalue weighted by Crippen LogP contribution is 2.36. The fourth-order valence-corrected chi connectivity index (χ4v) is 5.34. The minimum atomic E-state index is -4.75. The molecule has 0 aromatic rings. The largest absolute Gasteiger partial charge is 0.469 e. The van der Waals surface area contributed by atoms with Crippen LogP contribution in [0.5, 0.6) is 0 Å². The Bertz CT molecular complexity index is 760. The maximum atomic E-state index is 12.3. The predicted molar refractivity (Wildman–Crippen MR) is 174 cm³/mol. The van der Waals surface area contributed by atoms with Crippen LogP contribution >= 0.6 is 7.82 Å². The number of rotatable bonds is 32. The minimum Gasteiger partial charge on any atom is -0.462 e. The number of carbonyl (C=O) groups is 3. The van der Waals surface area contributed by atoms with E-state index in [1.807, 2.05) is 0 Å². The van der Waals surface area contributed by atoms with Gasteiger partial charge in [-0.05, 0) is 19.3 Å². The number of hydrogen-bond acceptors (Lipinski definition) is 7. The molecule has 0 aliphatic carbocycles. The zero-order chi connectivity index (χ0) is 32.7. The molecule has 0 rings (SSSR count). The van der Waals surface area contributed by atoms with E-state index in [0.29, 0.717) is 12.8 Å². The van der Waals surface area contributed by atoms with Gasteiger partial charge in [-0.25, -0.2) is 4.57 Å². The molecule has 0 saturated heterocycles. The topological polar surface area (TPSA) is 148 Å². The summed E-state index contributed by atoms with van der Waals surface area (Å²) in [5.41, 5.74) is 0. The summed E-state index contributed by atoms with van der Waals surface area (Å²) >= 11 is 0. The van der Waals surface area contributed by atoms with Crippen molar-refractivity contribution < 1.29 is 42.7 Å². The molecule has 0 aliphatic heterocycles. The summed E-state index contributed by atoms with van der Waals surface area (Å²) in [5, 5.41) is 2.81. The van der Waals surface area contributed by atoms with Crippen molar-refractivity contribution >= 4 is 25.7 Å². The molecule has 11 heteroatoms. The smallest absolute Gasteiger partial charge is 0.462 e. The Labute approximate surface area is 267 Å². The molecule has 0 spiro atoms. The average molecular weight is 650 g/mol. The van der Waals surface area contributed by atoms with Gasteiger partial charge in [-0.1, -0.05) is 129 Å². The first-order valence-electron chi connectivity index (χ1n) is 17.4. The van der Waals surface area contributed by atoms with Crippen LogP contribution in [0, 0.1) is 0 Å². The summed E-state index contributed by atoms with van der Waals surface area (Å²) in [6, 6.07) is 0. The van der Waals surface area contributed by atoms with E-state index in [4.69, 9.17) is 19.3 Å². The van der Waals surface area contributed by atoms with Crippen molar-refractivity contribution in [2.45, 2.75) is 174 Å². The highest BCUT2D eigenvalue weighted by molar-refractivity contribution is 7.46. The predicted octanol–water partition coefficient (Wildman–Crippen LogP) is 8.07. The summed E-state index contributed by atoms with van der Waals surface area (Å²) in [7, 11) is -4.75. The lowest BCUT2D eigenvalue weighted by Gasteiger charge is -2.18. The number of hydrogen-bond donors (Lipinski definition) is 3. The molecule has 0 radical (unpaired) electrons. The van der Waals surface area contributed by atoms with Crippen molar-refractivity contribution in [1.29, 1.82) is 0 Å². The van der Waals surface area contributed by atoms with Gasteiger partial charge in [0.1, 0.15) is 6.61 Å². The molecule has 0 aromatic carbocycles. The van der Waals surface area contributed by atoms with Crippen molar-refractivity contribution in [1.82, 2.24) is 5.32 Å². The van der Waals surface area contributed by atoms with Crippen molar-refractivity contribution in [2.75, 3.05) is 19.8 Å². The van der Waals surface area contributed by atoms with E-state index < -0.39 is 32.5 Å². The van der Waals surface area contributed by atoms with Crippen LogP contribution in [0.4, 0.5) is 0 Å². The quantitative estimate of drug-likeness (QED) is 0.0374.